The van der Waals surface area contributed by atoms with Crippen molar-refractivity contribution in [1.29, 1.82) is 0 Å². The molecule has 2 atom stereocenters. The van der Waals surface area contributed by atoms with Crippen LogP contribution in [0, 0.1) is 0 Å². The standard InChI is InChI=1S/C11H15ClN4O/c1-6-4-10(16-15-6)14-11(17)8-3-2-7(13)5-9(8)12/h2-3,5-6,10,15-16H,4,13H2,1H3,(H,14,17). The summed E-state index contributed by atoms with van der Waals surface area (Å²) in [6.07, 6.45) is 0.754. The van der Waals surface area contributed by atoms with Crippen molar-refractivity contribution in [2.24, 2.45) is 0 Å². The summed E-state index contributed by atoms with van der Waals surface area (Å²) in [5.41, 5.74) is 12.6. The first-order valence-corrected chi connectivity index (χ1v) is 5.81. The first-order valence-electron chi connectivity index (χ1n) is 5.43. The van der Waals surface area contributed by atoms with Crippen LogP contribution >= 0.6 is 11.6 Å². The number of benzene rings is 1. The van der Waals surface area contributed by atoms with Crippen LogP contribution in [0.25, 0.3) is 0 Å². The maximum Gasteiger partial charge on any atom is 0.254 e. The Morgan fingerprint density at radius 2 is 2.29 bits per heavy atom. The van der Waals surface area contributed by atoms with Gasteiger partial charge in [0, 0.05) is 11.7 Å². The second-order valence-corrected chi connectivity index (χ2v) is 4.60. The Morgan fingerprint density at radius 1 is 1.53 bits per heavy atom. The van der Waals surface area contributed by atoms with E-state index in [2.05, 4.69) is 16.2 Å². The fourth-order valence-electron chi connectivity index (χ4n) is 1.76. The lowest BCUT2D eigenvalue weighted by molar-refractivity contribution is 0.0932. The van der Waals surface area contributed by atoms with Crippen molar-refractivity contribution in [2.75, 3.05) is 5.73 Å². The number of hydrazine groups is 1. The molecule has 6 heteroatoms. The zero-order valence-corrected chi connectivity index (χ0v) is 10.2. The van der Waals surface area contributed by atoms with E-state index in [0.29, 0.717) is 22.3 Å². The third kappa shape index (κ3) is 2.88. The van der Waals surface area contributed by atoms with Gasteiger partial charge in [-0.3, -0.25) is 10.2 Å². The third-order valence-corrected chi connectivity index (χ3v) is 2.95. The van der Waals surface area contributed by atoms with Crippen molar-refractivity contribution in [1.82, 2.24) is 16.2 Å². The molecular formula is C11H15ClN4O. The molecule has 2 rings (SSSR count). The predicted molar refractivity (Wildman–Crippen MR) is 67.5 cm³/mol. The van der Waals surface area contributed by atoms with Crippen LogP contribution in [0.4, 0.5) is 5.69 Å². The molecule has 1 saturated heterocycles. The molecule has 1 amide bonds. The van der Waals surface area contributed by atoms with Gasteiger partial charge in [-0.05, 0) is 31.5 Å². The predicted octanol–water partition coefficient (Wildman–Crippen LogP) is 0.864. The van der Waals surface area contributed by atoms with Crippen LogP contribution in [0.3, 0.4) is 0 Å². The van der Waals surface area contributed by atoms with E-state index < -0.39 is 0 Å². The van der Waals surface area contributed by atoms with E-state index in [0.717, 1.165) is 6.42 Å². The van der Waals surface area contributed by atoms with Crippen LogP contribution in [-0.2, 0) is 0 Å². The van der Waals surface area contributed by atoms with Gasteiger partial charge < -0.3 is 11.1 Å². The van der Waals surface area contributed by atoms with Crippen LogP contribution in [0.1, 0.15) is 23.7 Å². The monoisotopic (exact) mass is 254 g/mol. The molecule has 5 N–H and O–H groups in total. The summed E-state index contributed by atoms with van der Waals surface area (Å²) in [6, 6.07) is 5.18. The quantitative estimate of drug-likeness (QED) is 0.591. The average Bonchev–Trinajstić information content (AvgIpc) is 2.63. The SMILES string of the molecule is CC1CC(NC(=O)c2ccc(N)cc2Cl)NN1. The van der Waals surface area contributed by atoms with Gasteiger partial charge in [0.05, 0.1) is 16.8 Å². The molecule has 0 bridgehead atoms. The number of nitrogen functional groups attached to an aromatic ring is 1. The molecule has 1 aliphatic heterocycles. The first kappa shape index (κ1) is 12.2. The molecule has 1 aliphatic rings. The smallest absolute Gasteiger partial charge is 0.254 e. The normalized spacial score (nSPS) is 23.6. The van der Waals surface area contributed by atoms with Crippen molar-refractivity contribution >= 4 is 23.2 Å². The molecule has 0 saturated carbocycles. The number of carbonyl (C=O) groups is 1. The van der Waals surface area contributed by atoms with Crippen molar-refractivity contribution in [2.45, 2.75) is 25.6 Å². The largest absolute Gasteiger partial charge is 0.399 e. The third-order valence-electron chi connectivity index (χ3n) is 2.64. The minimum Gasteiger partial charge on any atom is -0.399 e. The molecule has 1 aromatic rings. The van der Waals surface area contributed by atoms with E-state index in [1.54, 1.807) is 18.2 Å². The summed E-state index contributed by atoms with van der Waals surface area (Å²) in [4.78, 5) is 11.9. The Kier molecular flexibility index (Phi) is 3.51. The summed E-state index contributed by atoms with van der Waals surface area (Å²) < 4.78 is 0. The van der Waals surface area contributed by atoms with Crippen LogP contribution in [0.5, 0.6) is 0 Å². The number of nitrogens with two attached hydrogens (primary N) is 1. The van der Waals surface area contributed by atoms with Gasteiger partial charge >= 0.3 is 0 Å². The highest BCUT2D eigenvalue weighted by Crippen LogP contribution is 2.19. The number of anilines is 1. The topological polar surface area (TPSA) is 79.2 Å². The molecule has 1 aromatic carbocycles. The molecule has 0 aliphatic carbocycles. The van der Waals surface area contributed by atoms with Crippen molar-refractivity contribution < 1.29 is 4.79 Å². The maximum absolute atomic E-state index is 11.9. The van der Waals surface area contributed by atoms with Gasteiger partial charge in [0.1, 0.15) is 0 Å². The summed E-state index contributed by atoms with van der Waals surface area (Å²) in [5, 5.41) is 3.21. The van der Waals surface area contributed by atoms with E-state index in [1.165, 1.54) is 0 Å². The Hall–Kier alpha value is -1.30. The molecule has 0 aromatic heterocycles. The van der Waals surface area contributed by atoms with Crippen LogP contribution < -0.4 is 21.9 Å². The molecular weight excluding hydrogens is 240 g/mol. The minimum absolute atomic E-state index is 0.0777. The van der Waals surface area contributed by atoms with E-state index in [1.807, 2.05) is 6.92 Å². The lowest BCUT2D eigenvalue weighted by Crippen LogP contribution is -2.44. The van der Waals surface area contributed by atoms with Crippen LogP contribution in [0.2, 0.25) is 5.02 Å². The number of hydrogen-bond acceptors (Lipinski definition) is 4. The van der Waals surface area contributed by atoms with Gasteiger partial charge in [-0.2, -0.15) is 0 Å². The Morgan fingerprint density at radius 3 is 2.88 bits per heavy atom. The fraction of sp³-hybridized carbons (Fsp3) is 0.364. The van der Waals surface area contributed by atoms with Gasteiger partial charge in [0.2, 0.25) is 0 Å². The molecule has 0 spiro atoms. The molecule has 17 heavy (non-hydrogen) atoms. The molecule has 5 nitrogen and oxygen atoms in total. The van der Waals surface area contributed by atoms with Gasteiger partial charge in [-0.15, -0.1) is 0 Å². The van der Waals surface area contributed by atoms with Crippen LogP contribution in [-0.4, -0.2) is 18.1 Å². The highest BCUT2D eigenvalue weighted by molar-refractivity contribution is 6.34. The lowest BCUT2D eigenvalue weighted by atomic mass is 10.1. The van der Waals surface area contributed by atoms with Gasteiger partial charge in [0.15, 0.2) is 0 Å². The number of rotatable bonds is 2. The highest BCUT2D eigenvalue weighted by atomic mass is 35.5. The molecule has 1 fully saturated rings. The number of amides is 1. The van der Waals surface area contributed by atoms with Gasteiger partial charge in [-0.25, -0.2) is 5.43 Å². The molecule has 0 radical (unpaired) electrons. The minimum atomic E-state index is -0.205. The Balaban J connectivity index is 2.04. The Labute approximate surface area is 105 Å². The van der Waals surface area contributed by atoms with E-state index in [9.17, 15) is 4.79 Å². The molecule has 2 unspecified atom stereocenters. The summed E-state index contributed by atoms with van der Waals surface area (Å²) in [6.45, 7) is 2.04. The number of halogens is 1. The summed E-state index contributed by atoms with van der Waals surface area (Å²) in [7, 11) is 0. The zero-order chi connectivity index (χ0) is 12.4. The van der Waals surface area contributed by atoms with Crippen LogP contribution in [0.15, 0.2) is 18.2 Å². The van der Waals surface area contributed by atoms with Crippen molar-refractivity contribution in [3.05, 3.63) is 28.8 Å². The van der Waals surface area contributed by atoms with E-state index >= 15 is 0 Å². The number of nitrogens with one attached hydrogen (secondary N) is 3. The zero-order valence-electron chi connectivity index (χ0n) is 9.46. The fourth-order valence-corrected chi connectivity index (χ4v) is 2.04. The maximum atomic E-state index is 11.9. The van der Waals surface area contributed by atoms with Gasteiger partial charge in [-0.1, -0.05) is 11.6 Å². The number of hydrogen-bond donors (Lipinski definition) is 4. The van der Waals surface area contributed by atoms with Gasteiger partial charge in [0.25, 0.3) is 5.91 Å². The molecule has 92 valence electrons. The van der Waals surface area contributed by atoms with E-state index in [4.69, 9.17) is 17.3 Å². The second-order valence-electron chi connectivity index (χ2n) is 4.19. The van der Waals surface area contributed by atoms with E-state index in [-0.39, 0.29) is 12.1 Å². The molecule has 1 heterocycles. The van der Waals surface area contributed by atoms with Crippen molar-refractivity contribution in [3.63, 3.8) is 0 Å². The first-order chi connectivity index (χ1) is 8.06. The highest BCUT2D eigenvalue weighted by Gasteiger charge is 2.22. The second kappa shape index (κ2) is 4.91. The number of carbonyl (C=O) groups excluding carboxylic acids is 1. The lowest BCUT2D eigenvalue weighted by Gasteiger charge is -2.12. The summed E-state index contributed by atoms with van der Waals surface area (Å²) in [5.74, 6) is -0.205. The summed E-state index contributed by atoms with van der Waals surface area (Å²) >= 11 is 5.96. The average molecular weight is 255 g/mol. The Bertz CT molecular complexity index is 437. The van der Waals surface area contributed by atoms with Crippen molar-refractivity contribution in [3.8, 4) is 0 Å².